The highest BCUT2D eigenvalue weighted by molar-refractivity contribution is 5.49. The number of aryl methyl sites for hydroxylation is 1. The van der Waals surface area contributed by atoms with Crippen LogP contribution < -0.4 is 10.6 Å². The molecule has 2 aromatic rings. The number of nitrogens with zero attached hydrogens (tertiary/aromatic N) is 2. The van der Waals surface area contributed by atoms with Crippen molar-refractivity contribution in [1.82, 2.24) is 9.97 Å². The summed E-state index contributed by atoms with van der Waals surface area (Å²) in [6.07, 6.45) is 2.98. The summed E-state index contributed by atoms with van der Waals surface area (Å²) in [5.74, 6) is 2.71. The zero-order chi connectivity index (χ0) is 14.7. The summed E-state index contributed by atoms with van der Waals surface area (Å²) in [6.45, 7) is 5.03. The molecule has 4 nitrogen and oxygen atoms in total. The van der Waals surface area contributed by atoms with Crippen molar-refractivity contribution in [2.24, 2.45) is 0 Å². The SMILES string of the molecule is CCNc1cc(NC2Cc3ccccc3C2)nc(CC)n1. The third-order valence-electron chi connectivity index (χ3n) is 3.85. The molecule has 1 aromatic carbocycles. The first kappa shape index (κ1) is 13.9. The van der Waals surface area contributed by atoms with Crippen LogP contribution in [0.3, 0.4) is 0 Å². The normalized spacial score (nSPS) is 14.0. The topological polar surface area (TPSA) is 49.8 Å². The number of nitrogens with one attached hydrogen (secondary N) is 2. The molecule has 0 aliphatic heterocycles. The van der Waals surface area contributed by atoms with Gasteiger partial charge in [0, 0.05) is 25.1 Å². The van der Waals surface area contributed by atoms with Gasteiger partial charge >= 0.3 is 0 Å². The Morgan fingerprint density at radius 1 is 1.05 bits per heavy atom. The van der Waals surface area contributed by atoms with Gasteiger partial charge in [-0.3, -0.25) is 0 Å². The minimum atomic E-state index is 0.427. The predicted molar refractivity (Wildman–Crippen MR) is 86.8 cm³/mol. The Morgan fingerprint density at radius 3 is 2.33 bits per heavy atom. The average Bonchev–Trinajstić information content (AvgIpc) is 2.89. The third-order valence-corrected chi connectivity index (χ3v) is 3.85. The Balaban J connectivity index is 1.75. The summed E-state index contributed by atoms with van der Waals surface area (Å²) in [6, 6.07) is 11.1. The van der Waals surface area contributed by atoms with Crippen LogP contribution in [0.2, 0.25) is 0 Å². The van der Waals surface area contributed by atoms with Crippen LogP contribution >= 0.6 is 0 Å². The fraction of sp³-hybridized carbons (Fsp3) is 0.412. The van der Waals surface area contributed by atoms with Gasteiger partial charge in [0.25, 0.3) is 0 Å². The van der Waals surface area contributed by atoms with E-state index in [1.165, 1.54) is 11.1 Å². The number of fused-ring (bicyclic) bond motifs is 1. The van der Waals surface area contributed by atoms with Crippen LogP contribution in [0, 0.1) is 0 Å². The molecule has 0 bridgehead atoms. The van der Waals surface area contributed by atoms with E-state index in [0.717, 1.165) is 43.3 Å². The standard InChI is InChI=1S/C17H22N4/c1-3-15-20-16(18-4-2)11-17(21-15)19-14-9-12-7-5-6-8-13(12)10-14/h5-8,11,14H,3-4,9-10H2,1-2H3,(H2,18,19,20,21). The number of benzene rings is 1. The van der Waals surface area contributed by atoms with Gasteiger partial charge in [0.05, 0.1) is 0 Å². The van der Waals surface area contributed by atoms with Gasteiger partial charge in [-0.25, -0.2) is 9.97 Å². The van der Waals surface area contributed by atoms with Crippen LogP contribution in [0.5, 0.6) is 0 Å². The summed E-state index contributed by atoms with van der Waals surface area (Å²) in [7, 11) is 0. The Labute approximate surface area is 126 Å². The Bertz CT molecular complexity index is 599. The summed E-state index contributed by atoms with van der Waals surface area (Å²) in [4.78, 5) is 9.09. The number of hydrogen-bond donors (Lipinski definition) is 2. The van der Waals surface area contributed by atoms with Crippen molar-refractivity contribution in [1.29, 1.82) is 0 Å². The molecule has 1 aliphatic carbocycles. The number of anilines is 2. The molecule has 21 heavy (non-hydrogen) atoms. The van der Waals surface area contributed by atoms with E-state index in [4.69, 9.17) is 0 Å². The molecule has 1 heterocycles. The van der Waals surface area contributed by atoms with Crippen LogP contribution in [0.4, 0.5) is 11.6 Å². The van der Waals surface area contributed by atoms with E-state index in [1.54, 1.807) is 0 Å². The van der Waals surface area contributed by atoms with E-state index in [9.17, 15) is 0 Å². The lowest BCUT2D eigenvalue weighted by Gasteiger charge is -2.14. The molecule has 0 saturated carbocycles. The maximum atomic E-state index is 4.60. The van der Waals surface area contributed by atoms with Gasteiger partial charge in [-0.2, -0.15) is 0 Å². The first-order chi connectivity index (χ1) is 10.3. The van der Waals surface area contributed by atoms with Gasteiger partial charge < -0.3 is 10.6 Å². The summed E-state index contributed by atoms with van der Waals surface area (Å²) in [5, 5.41) is 6.84. The lowest BCUT2D eigenvalue weighted by molar-refractivity contribution is 0.764. The van der Waals surface area contributed by atoms with E-state index in [2.05, 4.69) is 58.7 Å². The van der Waals surface area contributed by atoms with Gasteiger partial charge in [0.1, 0.15) is 17.5 Å². The Hall–Kier alpha value is -2.10. The van der Waals surface area contributed by atoms with Gasteiger partial charge in [-0.15, -0.1) is 0 Å². The highest BCUT2D eigenvalue weighted by Gasteiger charge is 2.21. The fourth-order valence-electron chi connectivity index (χ4n) is 2.87. The first-order valence-corrected chi connectivity index (χ1v) is 7.73. The Morgan fingerprint density at radius 2 is 1.71 bits per heavy atom. The molecule has 0 amide bonds. The van der Waals surface area contributed by atoms with Crippen LogP contribution in [-0.4, -0.2) is 22.6 Å². The Kier molecular flexibility index (Phi) is 4.04. The molecule has 1 aromatic heterocycles. The number of rotatable bonds is 5. The molecule has 2 N–H and O–H groups in total. The first-order valence-electron chi connectivity index (χ1n) is 7.73. The monoisotopic (exact) mass is 282 g/mol. The maximum Gasteiger partial charge on any atom is 0.132 e. The van der Waals surface area contributed by atoms with Crippen molar-refractivity contribution < 1.29 is 0 Å². The van der Waals surface area contributed by atoms with E-state index in [1.807, 2.05) is 6.07 Å². The second-order valence-electron chi connectivity index (χ2n) is 5.46. The molecule has 4 heteroatoms. The largest absolute Gasteiger partial charge is 0.370 e. The molecule has 0 fully saturated rings. The minimum absolute atomic E-state index is 0.427. The highest BCUT2D eigenvalue weighted by atomic mass is 15.1. The van der Waals surface area contributed by atoms with Gasteiger partial charge in [-0.1, -0.05) is 31.2 Å². The van der Waals surface area contributed by atoms with Crippen molar-refractivity contribution >= 4 is 11.6 Å². The molecule has 0 spiro atoms. The second kappa shape index (κ2) is 6.12. The minimum Gasteiger partial charge on any atom is -0.370 e. The van der Waals surface area contributed by atoms with Crippen molar-refractivity contribution in [3.05, 3.63) is 47.3 Å². The molecule has 1 aliphatic rings. The van der Waals surface area contributed by atoms with E-state index < -0.39 is 0 Å². The molecule has 0 radical (unpaired) electrons. The average molecular weight is 282 g/mol. The quantitative estimate of drug-likeness (QED) is 0.885. The fourth-order valence-corrected chi connectivity index (χ4v) is 2.87. The summed E-state index contributed by atoms with van der Waals surface area (Å²) in [5.41, 5.74) is 2.90. The van der Waals surface area contributed by atoms with Crippen LogP contribution in [0.1, 0.15) is 30.8 Å². The van der Waals surface area contributed by atoms with Gasteiger partial charge in [0.15, 0.2) is 0 Å². The van der Waals surface area contributed by atoms with Crippen molar-refractivity contribution in [2.75, 3.05) is 17.2 Å². The molecule has 0 atom stereocenters. The lowest BCUT2D eigenvalue weighted by Crippen LogP contribution is -2.21. The van der Waals surface area contributed by atoms with Gasteiger partial charge in [-0.05, 0) is 30.9 Å². The van der Waals surface area contributed by atoms with Crippen LogP contribution in [0.25, 0.3) is 0 Å². The van der Waals surface area contributed by atoms with Crippen molar-refractivity contribution in [3.8, 4) is 0 Å². The van der Waals surface area contributed by atoms with E-state index in [-0.39, 0.29) is 0 Å². The van der Waals surface area contributed by atoms with Gasteiger partial charge in [0.2, 0.25) is 0 Å². The molecular weight excluding hydrogens is 260 g/mol. The van der Waals surface area contributed by atoms with Crippen LogP contribution in [-0.2, 0) is 19.3 Å². The zero-order valence-electron chi connectivity index (χ0n) is 12.7. The second-order valence-corrected chi connectivity index (χ2v) is 5.46. The van der Waals surface area contributed by atoms with Crippen molar-refractivity contribution in [2.45, 2.75) is 39.2 Å². The zero-order valence-corrected chi connectivity index (χ0v) is 12.7. The smallest absolute Gasteiger partial charge is 0.132 e. The third kappa shape index (κ3) is 3.15. The predicted octanol–water partition coefficient (Wildman–Crippen LogP) is 3.05. The number of hydrogen-bond acceptors (Lipinski definition) is 4. The maximum absolute atomic E-state index is 4.60. The number of aromatic nitrogens is 2. The van der Waals surface area contributed by atoms with Crippen LogP contribution in [0.15, 0.2) is 30.3 Å². The molecule has 0 saturated heterocycles. The molecule has 110 valence electrons. The highest BCUT2D eigenvalue weighted by Crippen LogP contribution is 2.24. The lowest BCUT2D eigenvalue weighted by atomic mass is 10.1. The summed E-state index contributed by atoms with van der Waals surface area (Å²) >= 11 is 0. The van der Waals surface area contributed by atoms with E-state index in [0.29, 0.717) is 6.04 Å². The van der Waals surface area contributed by atoms with Crippen molar-refractivity contribution in [3.63, 3.8) is 0 Å². The molecular formula is C17H22N4. The molecule has 3 rings (SSSR count). The molecule has 0 unspecified atom stereocenters. The van der Waals surface area contributed by atoms with E-state index >= 15 is 0 Å². The summed E-state index contributed by atoms with van der Waals surface area (Å²) < 4.78 is 0.